The Hall–Kier alpha value is -1.72. The molecule has 23 heavy (non-hydrogen) atoms. The third-order valence-corrected chi connectivity index (χ3v) is 4.21. The van der Waals surface area contributed by atoms with E-state index in [1.165, 1.54) is 12.1 Å². The molecule has 126 valence electrons. The largest absolute Gasteiger partial charge is 0.384 e. The van der Waals surface area contributed by atoms with E-state index in [0.29, 0.717) is 12.5 Å². The van der Waals surface area contributed by atoms with Crippen LogP contribution in [0.1, 0.15) is 31.9 Å². The number of rotatable bonds is 7. The van der Waals surface area contributed by atoms with Crippen LogP contribution in [0.4, 0.5) is 4.39 Å². The highest BCUT2D eigenvalue weighted by Gasteiger charge is 2.26. The van der Waals surface area contributed by atoms with Gasteiger partial charge in [-0.3, -0.25) is 4.68 Å². The molecule has 0 saturated carbocycles. The Morgan fingerprint density at radius 2 is 1.96 bits per heavy atom. The second-order valence-corrected chi connectivity index (χ2v) is 6.74. The predicted molar refractivity (Wildman–Crippen MR) is 89.5 cm³/mol. The molecule has 5 heteroatoms. The van der Waals surface area contributed by atoms with E-state index in [0.717, 1.165) is 17.5 Å². The van der Waals surface area contributed by atoms with Crippen molar-refractivity contribution in [1.82, 2.24) is 15.1 Å². The molecular weight excluding hydrogens is 293 g/mol. The average Bonchev–Trinajstić information content (AvgIpc) is 2.92. The molecule has 0 bridgehead atoms. The zero-order valence-electron chi connectivity index (χ0n) is 14.3. The summed E-state index contributed by atoms with van der Waals surface area (Å²) in [4.78, 5) is 0. The van der Waals surface area contributed by atoms with E-state index in [1.807, 2.05) is 25.4 Å². The van der Waals surface area contributed by atoms with Crippen LogP contribution in [0.15, 0.2) is 36.7 Å². The van der Waals surface area contributed by atoms with Crippen LogP contribution < -0.4 is 5.32 Å². The molecular formula is C18H26FN3O. The summed E-state index contributed by atoms with van der Waals surface area (Å²) in [5.41, 5.74) is 0.889. The number of aromatic nitrogens is 2. The number of hydrogen-bond acceptors (Lipinski definition) is 3. The maximum absolute atomic E-state index is 13.0. The summed E-state index contributed by atoms with van der Waals surface area (Å²) in [5.74, 6) is 0.173. The molecule has 0 aliphatic carbocycles. The molecule has 2 N–H and O–H groups in total. The first-order valence-corrected chi connectivity index (χ1v) is 7.97. The molecule has 1 heterocycles. The molecule has 0 amide bonds. The fourth-order valence-corrected chi connectivity index (χ4v) is 2.55. The van der Waals surface area contributed by atoms with Gasteiger partial charge in [-0.25, -0.2) is 4.39 Å². The maximum Gasteiger partial charge on any atom is 0.123 e. The molecule has 0 radical (unpaired) electrons. The van der Waals surface area contributed by atoms with Gasteiger partial charge < -0.3 is 10.4 Å². The van der Waals surface area contributed by atoms with Crippen molar-refractivity contribution in [1.29, 1.82) is 0 Å². The molecule has 0 fully saturated rings. The van der Waals surface area contributed by atoms with Crippen LogP contribution in [-0.4, -0.2) is 27.5 Å². The van der Waals surface area contributed by atoms with Gasteiger partial charge in [-0.1, -0.05) is 26.0 Å². The summed E-state index contributed by atoms with van der Waals surface area (Å²) in [6.45, 7) is 6.50. The molecule has 4 nitrogen and oxygen atoms in total. The molecule has 2 rings (SSSR count). The molecule has 0 spiro atoms. The lowest BCUT2D eigenvalue weighted by Crippen LogP contribution is -2.44. The molecule has 2 unspecified atom stereocenters. The topological polar surface area (TPSA) is 50.1 Å². The Morgan fingerprint density at radius 3 is 2.48 bits per heavy atom. The Kier molecular flexibility index (Phi) is 5.55. The predicted octanol–water partition coefficient (Wildman–Crippen LogP) is 2.62. The minimum atomic E-state index is -0.982. The van der Waals surface area contributed by atoms with Crippen LogP contribution in [0.3, 0.4) is 0 Å². The fourth-order valence-electron chi connectivity index (χ4n) is 2.55. The van der Waals surface area contributed by atoms with E-state index in [-0.39, 0.29) is 11.9 Å². The maximum atomic E-state index is 13.0. The number of aryl methyl sites for hydroxylation is 1. The second kappa shape index (κ2) is 7.23. The summed E-state index contributed by atoms with van der Waals surface area (Å²) >= 11 is 0. The number of nitrogens with one attached hydrogen (secondary N) is 1. The highest BCUT2D eigenvalue weighted by atomic mass is 19.1. The van der Waals surface area contributed by atoms with Gasteiger partial charge in [-0.15, -0.1) is 0 Å². The molecule has 1 aromatic carbocycles. The van der Waals surface area contributed by atoms with Crippen LogP contribution >= 0.6 is 0 Å². The molecule has 0 saturated heterocycles. The smallest absolute Gasteiger partial charge is 0.123 e. The highest BCUT2D eigenvalue weighted by Crippen LogP contribution is 2.20. The van der Waals surface area contributed by atoms with Crippen molar-refractivity contribution >= 4 is 0 Å². The van der Waals surface area contributed by atoms with Crippen molar-refractivity contribution in [3.05, 3.63) is 53.6 Å². The van der Waals surface area contributed by atoms with Gasteiger partial charge in [0.25, 0.3) is 0 Å². The average molecular weight is 319 g/mol. The van der Waals surface area contributed by atoms with Gasteiger partial charge in [0.1, 0.15) is 11.4 Å². The van der Waals surface area contributed by atoms with Crippen molar-refractivity contribution in [2.45, 2.75) is 38.8 Å². The van der Waals surface area contributed by atoms with Gasteiger partial charge in [-0.05, 0) is 37.0 Å². The zero-order chi connectivity index (χ0) is 17.0. The van der Waals surface area contributed by atoms with E-state index in [9.17, 15) is 9.50 Å². The van der Waals surface area contributed by atoms with E-state index < -0.39 is 5.60 Å². The second-order valence-electron chi connectivity index (χ2n) is 6.74. The van der Waals surface area contributed by atoms with E-state index in [1.54, 1.807) is 17.8 Å². The third-order valence-electron chi connectivity index (χ3n) is 4.21. The lowest BCUT2D eigenvalue weighted by Gasteiger charge is -2.29. The zero-order valence-corrected chi connectivity index (χ0v) is 14.3. The summed E-state index contributed by atoms with van der Waals surface area (Å²) in [6.07, 6.45) is 4.30. The summed E-state index contributed by atoms with van der Waals surface area (Å²) in [6, 6.07) is 6.79. The molecule has 0 aliphatic rings. The van der Waals surface area contributed by atoms with Crippen LogP contribution in [0.25, 0.3) is 0 Å². The monoisotopic (exact) mass is 319 g/mol. The van der Waals surface area contributed by atoms with Crippen molar-refractivity contribution < 1.29 is 9.50 Å². The van der Waals surface area contributed by atoms with Gasteiger partial charge in [-0.2, -0.15) is 5.10 Å². The minimum absolute atomic E-state index is 0.198. The first kappa shape index (κ1) is 17.6. The summed E-state index contributed by atoms with van der Waals surface area (Å²) in [7, 11) is 1.83. The Balaban J connectivity index is 2.00. The normalized spacial score (nSPS) is 15.6. The number of aliphatic hydroxyl groups is 1. The van der Waals surface area contributed by atoms with Crippen molar-refractivity contribution in [3.8, 4) is 0 Å². The van der Waals surface area contributed by atoms with Gasteiger partial charge >= 0.3 is 0 Å². The third kappa shape index (κ3) is 4.88. The lowest BCUT2D eigenvalue weighted by atomic mass is 9.94. The van der Waals surface area contributed by atoms with E-state index >= 15 is 0 Å². The molecule has 1 aromatic heterocycles. The number of benzene rings is 1. The SMILES string of the molecule is CC(C)C(Cc1ccc(F)cc1)NCC(C)(O)c1cnn(C)c1. The standard InChI is InChI=1S/C18H26FN3O/c1-13(2)17(9-14-5-7-16(19)8-6-14)20-12-18(3,23)15-10-21-22(4)11-15/h5-8,10-11,13,17,20,23H,9,12H2,1-4H3. The number of hydrogen-bond donors (Lipinski definition) is 2. The Labute approximate surface area is 137 Å². The van der Waals surface area contributed by atoms with E-state index in [4.69, 9.17) is 0 Å². The van der Waals surface area contributed by atoms with Crippen molar-refractivity contribution in [2.75, 3.05) is 6.54 Å². The van der Waals surface area contributed by atoms with Gasteiger partial charge in [0, 0.05) is 31.4 Å². The summed E-state index contributed by atoms with van der Waals surface area (Å²) in [5, 5.41) is 18.2. The molecule has 0 aliphatic heterocycles. The van der Waals surface area contributed by atoms with Crippen LogP contribution in [0.2, 0.25) is 0 Å². The van der Waals surface area contributed by atoms with Gasteiger partial charge in [0.05, 0.1) is 6.20 Å². The fraction of sp³-hybridized carbons (Fsp3) is 0.500. The number of nitrogens with zero attached hydrogens (tertiary/aromatic N) is 2. The minimum Gasteiger partial charge on any atom is -0.384 e. The van der Waals surface area contributed by atoms with Crippen LogP contribution in [-0.2, 0) is 19.1 Å². The van der Waals surface area contributed by atoms with Crippen LogP contribution in [0, 0.1) is 11.7 Å². The highest BCUT2D eigenvalue weighted by molar-refractivity contribution is 5.18. The molecule has 2 atom stereocenters. The van der Waals surface area contributed by atoms with Crippen molar-refractivity contribution in [3.63, 3.8) is 0 Å². The number of halogens is 1. The first-order valence-electron chi connectivity index (χ1n) is 7.97. The Morgan fingerprint density at radius 1 is 1.30 bits per heavy atom. The van der Waals surface area contributed by atoms with E-state index in [2.05, 4.69) is 24.3 Å². The molecule has 2 aromatic rings. The lowest BCUT2D eigenvalue weighted by molar-refractivity contribution is 0.0518. The quantitative estimate of drug-likeness (QED) is 0.825. The van der Waals surface area contributed by atoms with Gasteiger partial charge in [0.2, 0.25) is 0 Å². The van der Waals surface area contributed by atoms with Crippen molar-refractivity contribution in [2.24, 2.45) is 13.0 Å². The summed E-state index contributed by atoms with van der Waals surface area (Å²) < 4.78 is 14.7. The van der Waals surface area contributed by atoms with Gasteiger partial charge in [0.15, 0.2) is 0 Å². The first-order chi connectivity index (χ1) is 10.8. The van der Waals surface area contributed by atoms with Crippen LogP contribution in [0.5, 0.6) is 0 Å². The Bertz CT molecular complexity index is 619.